The number of anilines is 4. The lowest BCUT2D eigenvalue weighted by Crippen LogP contribution is -2.32. The van der Waals surface area contributed by atoms with Crippen LogP contribution in [0.15, 0.2) is 60.8 Å². The molecule has 0 saturated carbocycles. The van der Waals surface area contributed by atoms with E-state index in [1.165, 1.54) is 43.3 Å². The van der Waals surface area contributed by atoms with Gasteiger partial charge in [-0.2, -0.15) is 27.8 Å². The highest BCUT2D eigenvalue weighted by molar-refractivity contribution is 5.59. The number of aromatic nitrogens is 5. The number of rotatable bonds is 6. The van der Waals surface area contributed by atoms with Crippen LogP contribution in [0.1, 0.15) is 42.6 Å². The SMILES string of the molecule is FC(F)(F)c1nc(Nc2ccc3c(c2)CCC(N2CCCC2)CC3)n(-c2nccc(Nc3ccccc3)n2)n1. The molecule has 6 rings (SSSR count). The summed E-state index contributed by atoms with van der Waals surface area (Å²) in [6.07, 6.45) is 3.43. The molecule has 4 aromatic rings. The number of nitrogens with zero attached hydrogens (tertiary/aromatic N) is 6. The number of nitrogens with one attached hydrogen (secondary N) is 2. The Balaban J connectivity index is 1.27. The Labute approximate surface area is 224 Å². The molecule has 3 heterocycles. The van der Waals surface area contributed by atoms with Crippen molar-refractivity contribution in [3.8, 4) is 5.95 Å². The van der Waals surface area contributed by atoms with Gasteiger partial charge < -0.3 is 15.5 Å². The normalized spacial score (nSPS) is 18.0. The molecule has 2 aliphatic rings. The van der Waals surface area contributed by atoms with Gasteiger partial charge >= 0.3 is 6.18 Å². The van der Waals surface area contributed by atoms with Crippen LogP contribution in [0.25, 0.3) is 5.95 Å². The summed E-state index contributed by atoms with van der Waals surface area (Å²) in [5.41, 5.74) is 3.94. The fourth-order valence-electron chi connectivity index (χ4n) is 5.41. The van der Waals surface area contributed by atoms with Gasteiger partial charge in [-0.15, -0.1) is 5.10 Å². The van der Waals surface area contributed by atoms with Gasteiger partial charge in [-0.3, -0.25) is 0 Å². The number of alkyl halides is 3. The van der Waals surface area contributed by atoms with Crippen molar-refractivity contribution in [2.45, 2.75) is 50.7 Å². The number of para-hydroxylation sites is 1. The average molecular weight is 535 g/mol. The summed E-state index contributed by atoms with van der Waals surface area (Å²) in [6, 6.07) is 17.5. The minimum atomic E-state index is -4.72. The fourth-order valence-corrected chi connectivity index (χ4v) is 5.41. The van der Waals surface area contributed by atoms with Gasteiger partial charge in [0.05, 0.1) is 0 Å². The van der Waals surface area contributed by atoms with E-state index in [0.717, 1.165) is 36.1 Å². The Bertz CT molecular complexity index is 1430. The zero-order valence-electron chi connectivity index (χ0n) is 21.3. The lowest BCUT2D eigenvalue weighted by atomic mass is 10.0. The second-order valence-corrected chi connectivity index (χ2v) is 9.98. The van der Waals surface area contributed by atoms with Crippen molar-refractivity contribution in [3.05, 3.63) is 77.7 Å². The highest BCUT2D eigenvalue weighted by Gasteiger charge is 2.38. The van der Waals surface area contributed by atoms with E-state index in [4.69, 9.17) is 0 Å². The topological polar surface area (TPSA) is 83.8 Å². The Morgan fingerprint density at radius 1 is 0.821 bits per heavy atom. The molecule has 202 valence electrons. The fraction of sp³-hybridized carbons (Fsp3) is 0.357. The quantitative estimate of drug-likeness (QED) is 0.298. The molecule has 2 aromatic heterocycles. The molecule has 0 amide bonds. The average Bonchev–Trinajstić information content (AvgIpc) is 3.57. The van der Waals surface area contributed by atoms with Crippen molar-refractivity contribution < 1.29 is 13.2 Å². The molecule has 0 radical (unpaired) electrons. The molecule has 8 nitrogen and oxygen atoms in total. The van der Waals surface area contributed by atoms with Crippen LogP contribution in [0.2, 0.25) is 0 Å². The molecule has 1 aliphatic heterocycles. The van der Waals surface area contributed by atoms with E-state index >= 15 is 0 Å². The Hall–Kier alpha value is -3.99. The summed E-state index contributed by atoms with van der Waals surface area (Å²) < 4.78 is 41.8. The van der Waals surface area contributed by atoms with E-state index in [-0.39, 0.29) is 11.9 Å². The molecular formula is C28H29F3N8. The summed E-state index contributed by atoms with van der Waals surface area (Å²) in [7, 11) is 0. The number of hydrogen-bond donors (Lipinski definition) is 2. The number of hydrogen-bond acceptors (Lipinski definition) is 7. The maximum atomic E-state index is 13.6. The number of aryl methyl sites for hydroxylation is 2. The summed E-state index contributed by atoms with van der Waals surface area (Å²) in [6.45, 7) is 2.35. The van der Waals surface area contributed by atoms with E-state index in [1.54, 1.807) is 6.07 Å². The highest BCUT2D eigenvalue weighted by atomic mass is 19.4. The lowest BCUT2D eigenvalue weighted by Gasteiger charge is -2.25. The monoisotopic (exact) mass is 534 g/mol. The minimum Gasteiger partial charge on any atom is -0.340 e. The first-order valence-electron chi connectivity index (χ1n) is 13.2. The van der Waals surface area contributed by atoms with Crippen molar-refractivity contribution in [3.63, 3.8) is 0 Å². The van der Waals surface area contributed by atoms with Gasteiger partial charge in [0, 0.05) is 23.6 Å². The molecular weight excluding hydrogens is 505 g/mol. The molecule has 1 saturated heterocycles. The highest BCUT2D eigenvalue weighted by Crippen LogP contribution is 2.31. The summed E-state index contributed by atoms with van der Waals surface area (Å²) >= 11 is 0. The number of benzene rings is 2. The van der Waals surface area contributed by atoms with Gasteiger partial charge in [0.2, 0.25) is 5.95 Å². The molecule has 1 fully saturated rings. The van der Waals surface area contributed by atoms with Crippen LogP contribution >= 0.6 is 0 Å². The third kappa shape index (κ3) is 5.73. The van der Waals surface area contributed by atoms with Gasteiger partial charge in [-0.05, 0) is 93.1 Å². The summed E-state index contributed by atoms with van der Waals surface area (Å²) in [5, 5.41) is 9.89. The van der Waals surface area contributed by atoms with Crippen molar-refractivity contribution in [2.75, 3.05) is 23.7 Å². The van der Waals surface area contributed by atoms with Crippen molar-refractivity contribution in [1.82, 2.24) is 29.6 Å². The van der Waals surface area contributed by atoms with Crippen LogP contribution in [0, 0.1) is 0 Å². The predicted octanol–water partition coefficient (Wildman–Crippen LogP) is 5.91. The van der Waals surface area contributed by atoms with Crippen LogP contribution in [0.4, 0.5) is 36.3 Å². The van der Waals surface area contributed by atoms with Crippen molar-refractivity contribution >= 4 is 23.1 Å². The van der Waals surface area contributed by atoms with E-state index in [9.17, 15) is 13.2 Å². The number of halogens is 3. The molecule has 1 atom stereocenters. The second kappa shape index (κ2) is 10.6. The minimum absolute atomic E-state index is 0.0374. The largest absolute Gasteiger partial charge is 0.453 e. The molecule has 2 aromatic carbocycles. The predicted molar refractivity (Wildman–Crippen MR) is 143 cm³/mol. The van der Waals surface area contributed by atoms with Gasteiger partial charge in [0.15, 0.2) is 0 Å². The zero-order valence-corrected chi connectivity index (χ0v) is 21.3. The third-order valence-corrected chi connectivity index (χ3v) is 7.35. The van der Waals surface area contributed by atoms with Crippen LogP contribution in [-0.4, -0.2) is 48.8 Å². The van der Waals surface area contributed by atoms with E-state index < -0.39 is 12.0 Å². The molecule has 1 unspecified atom stereocenters. The first-order chi connectivity index (χ1) is 18.9. The first kappa shape index (κ1) is 25.3. The van der Waals surface area contributed by atoms with Crippen molar-refractivity contribution in [1.29, 1.82) is 0 Å². The Kier molecular flexibility index (Phi) is 6.90. The number of likely N-dealkylation sites (tertiary alicyclic amines) is 1. The van der Waals surface area contributed by atoms with Crippen LogP contribution in [-0.2, 0) is 19.0 Å². The summed E-state index contributed by atoms with van der Waals surface area (Å²) in [4.78, 5) is 14.9. The van der Waals surface area contributed by atoms with Crippen LogP contribution in [0.5, 0.6) is 0 Å². The standard InChI is InChI=1S/C28H29F3N8/c29-28(30,31)25-36-27(39(37-25)26-32-15-14-24(35-26)33-21-6-2-1-3-7-21)34-22-11-8-19-9-12-23(13-10-20(19)18-22)38-16-4-5-17-38/h1-3,6-8,11,14-15,18,23H,4-5,9-10,12-13,16-17H2,(H,32,33,35)(H,34,36,37). The smallest absolute Gasteiger partial charge is 0.340 e. The van der Waals surface area contributed by atoms with E-state index in [2.05, 4.69) is 41.7 Å². The zero-order chi connectivity index (χ0) is 26.8. The molecule has 0 bridgehead atoms. The van der Waals surface area contributed by atoms with Crippen molar-refractivity contribution in [2.24, 2.45) is 0 Å². The lowest BCUT2D eigenvalue weighted by molar-refractivity contribution is -0.144. The van der Waals surface area contributed by atoms with Crippen LogP contribution in [0.3, 0.4) is 0 Å². The maximum Gasteiger partial charge on any atom is 0.453 e. The van der Waals surface area contributed by atoms with Gasteiger partial charge in [-0.1, -0.05) is 24.3 Å². The van der Waals surface area contributed by atoms with Gasteiger partial charge in [-0.25, -0.2) is 4.98 Å². The third-order valence-electron chi connectivity index (χ3n) is 7.35. The van der Waals surface area contributed by atoms with Gasteiger partial charge in [0.1, 0.15) is 5.82 Å². The maximum absolute atomic E-state index is 13.6. The molecule has 11 heteroatoms. The van der Waals surface area contributed by atoms with E-state index in [1.807, 2.05) is 42.5 Å². The molecule has 39 heavy (non-hydrogen) atoms. The van der Waals surface area contributed by atoms with Crippen LogP contribution < -0.4 is 10.6 Å². The molecule has 1 aliphatic carbocycles. The van der Waals surface area contributed by atoms with E-state index in [0.29, 0.717) is 17.5 Å². The van der Waals surface area contributed by atoms with Gasteiger partial charge in [0.25, 0.3) is 11.8 Å². The Morgan fingerprint density at radius 3 is 2.36 bits per heavy atom. The first-order valence-corrected chi connectivity index (χ1v) is 13.2. The molecule has 0 spiro atoms. The molecule has 2 N–H and O–H groups in total. The summed E-state index contributed by atoms with van der Waals surface area (Å²) in [5.74, 6) is -0.996. The second-order valence-electron chi connectivity index (χ2n) is 9.98. The number of fused-ring (bicyclic) bond motifs is 1. The Morgan fingerprint density at radius 2 is 1.59 bits per heavy atom.